The highest BCUT2D eigenvalue weighted by atomic mass is 79.9. The van der Waals surface area contributed by atoms with Crippen molar-refractivity contribution in [3.63, 3.8) is 0 Å². The van der Waals surface area contributed by atoms with Gasteiger partial charge in [0.15, 0.2) is 0 Å². The molecule has 1 atom stereocenters. The van der Waals surface area contributed by atoms with Gasteiger partial charge in [0.05, 0.1) is 0 Å². The molecule has 1 rings (SSSR count). The standard InChI is InChI=1S/C10H11BrF4N2/c11-8-5-6(12)1-2-7(8)9(17-16)3-4-10(13,14)15/h1-2,5,9,17H,3-4,16H2. The quantitative estimate of drug-likeness (QED) is 0.507. The van der Waals surface area contributed by atoms with Gasteiger partial charge in [0.1, 0.15) is 5.82 Å². The van der Waals surface area contributed by atoms with Crippen LogP contribution in [0.4, 0.5) is 17.6 Å². The second-order valence-electron chi connectivity index (χ2n) is 3.54. The molecule has 2 nitrogen and oxygen atoms in total. The van der Waals surface area contributed by atoms with Gasteiger partial charge in [-0.3, -0.25) is 11.3 Å². The number of hydrogen-bond donors (Lipinski definition) is 2. The number of halogens is 5. The lowest BCUT2D eigenvalue weighted by atomic mass is 10.0. The van der Waals surface area contributed by atoms with Gasteiger partial charge in [-0.1, -0.05) is 22.0 Å². The van der Waals surface area contributed by atoms with E-state index < -0.39 is 24.5 Å². The minimum Gasteiger partial charge on any atom is -0.271 e. The molecule has 1 aromatic rings. The van der Waals surface area contributed by atoms with Crippen molar-refractivity contribution in [2.24, 2.45) is 5.84 Å². The van der Waals surface area contributed by atoms with Crippen LogP contribution in [0.25, 0.3) is 0 Å². The number of alkyl halides is 3. The van der Waals surface area contributed by atoms with E-state index in [4.69, 9.17) is 5.84 Å². The Bertz CT molecular complexity index is 381. The Labute approximate surface area is 104 Å². The van der Waals surface area contributed by atoms with Crippen LogP contribution < -0.4 is 11.3 Å². The lowest BCUT2D eigenvalue weighted by molar-refractivity contribution is -0.136. The first-order valence-corrected chi connectivity index (χ1v) is 5.60. The van der Waals surface area contributed by atoms with E-state index in [9.17, 15) is 17.6 Å². The van der Waals surface area contributed by atoms with Crippen molar-refractivity contribution in [1.82, 2.24) is 5.43 Å². The predicted octanol–water partition coefficient (Wildman–Crippen LogP) is 3.44. The Hall–Kier alpha value is -0.660. The van der Waals surface area contributed by atoms with Crippen LogP contribution in [0.5, 0.6) is 0 Å². The number of nitrogens with one attached hydrogen (secondary N) is 1. The Kier molecular flexibility index (Phi) is 4.91. The summed E-state index contributed by atoms with van der Waals surface area (Å²) in [5.74, 6) is 4.74. The van der Waals surface area contributed by atoms with Gasteiger partial charge in [-0.25, -0.2) is 4.39 Å². The van der Waals surface area contributed by atoms with Crippen molar-refractivity contribution < 1.29 is 17.6 Å². The summed E-state index contributed by atoms with van der Waals surface area (Å²) in [7, 11) is 0. The Balaban J connectivity index is 2.79. The van der Waals surface area contributed by atoms with Crippen LogP contribution in [0, 0.1) is 5.82 Å². The van der Waals surface area contributed by atoms with Gasteiger partial charge in [-0.05, 0) is 24.1 Å². The third-order valence-electron chi connectivity index (χ3n) is 2.26. The molecule has 0 saturated carbocycles. The molecule has 0 spiro atoms. The van der Waals surface area contributed by atoms with Crippen LogP contribution in [-0.2, 0) is 0 Å². The third-order valence-corrected chi connectivity index (χ3v) is 2.94. The summed E-state index contributed by atoms with van der Waals surface area (Å²) >= 11 is 3.09. The van der Waals surface area contributed by atoms with Gasteiger partial charge in [0.2, 0.25) is 0 Å². The summed E-state index contributed by atoms with van der Waals surface area (Å²) in [5, 5.41) is 0. The van der Waals surface area contributed by atoms with Gasteiger partial charge in [0, 0.05) is 16.9 Å². The SMILES string of the molecule is NNC(CCC(F)(F)F)c1ccc(F)cc1Br. The predicted molar refractivity (Wildman–Crippen MR) is 59.5 cm³/mol. The molecular formula is C10H11BrF4N2. The average molecular weight is 315 g/mol. The van der Waals surface area contributed by atoms with Crippen LogP contribution in [0.3, 0.4) is 0 Å². The molecule has 3 N–H and O–H groups in total. The molecule has 0 aliphatic rings. The molecule has 0 amide bonds. The molecular weight excluding hydrogens is 304 g/mol. The highest BCUT2D eigenvalue weighted by molar-refractivity contribution is 9.10. The van der Waals surface area contributed by atoms with Crippen LogP contribution in [0.1, 0.15) is 24.4 Å². The second-order valence-corrected chi connectivity index (χ2v) is 4.39. The molecule has 0 radical (unpaired) electrons. The first-order chi connectivity index (χ1) is 7.83. The summed E-state index contributed by atoms with van der Waals surface area (Å²) in [6.45, 7) is 0. The largest absolute Gasteiger partial charge is 0.389 e. The molecule has 1 unspecified atom stereocenters. The topological polar surface area (TPSA) is 38.0 Å². The van der Waals surface area contributed by atoms with E-state index >= 15 is 0 Å². The van der Waals surface area contributed by atoms with E-state index in [0.717, 1.165) is 0 Å². The minimum absolute atomic E-state index is 0.204. The average Bonchev–Trinajstić information content (AvgIpc) is 2.19. The molecule has 0 aliphatic carbocycles. The number of hydrogen-bond acceptors (Lipinski definition) is 2. The zero-order valence-corrected chi connectivity index (χ0v) is 10.3. The summed E-state index contributed by atoms with van der Waals surface area (Å²) in [6.07, 6.45) is -5.39. The van der Waals surface area contributed by atoms with E-state index in [0.29, 0.717) is 10.0 Å². The first-order valence-electron chi connectivity index (χ1n) is 4.81. The summed E-state index contributed by atoms with van der Waals surface area (Å²) in [4.78, 5) is 0. The fourth-order valence-corrected chi connectivity index (χ4v) is 2.05. The zero-order chi connectivity index (χ0) is 13.1. The van der Waals surface area contributed by atoms with E-state index in [2.05, 4.69) is 21.4 Å². The van der Waals surface area contributed by atoms with Gasteiger partial charge in [-0.15, -0.1) is 0 Å². The molecule has 0 fully saturated rings. The van der Waals surface area contributed by atoms with E-state index in [-0.39, 0.29) is 6.42 Å². The number of nitrogens with two attached hydrogens (primary N) is 1. The maximum absolute atomic E-state index is 12.8. The molecule has 0 aromatic heterocycles. The van der Waals surface area contributed by atoms with Crippen molar-refractivity contribution >= 4 is 15.9 Å². The van der Waals surface area contributed by atoms with Crippen molar-refractivity contribution in [2.75, 3.05) is 0 Å². The molecule has 0 bridgehead atoms. The van der Waals surface area contributed by atoms with Crippen molar-refractivity contribution in [3.05, 3.63) is 34.1 Å². The molecule has 7 heteroatoms. The summed E-state index contributed by atoms with van der Waals surface area (Å²) in [5.41, 5.74) is 2.80. The molecule has 0 aliphatic heterocycles. The fraction of sp³-hybridized carbons (Fsp3) is 0.400. The minimum atomic E-state index is -4.23. The maximum atomic E-state index is 12.8. The lowest BCUT2D eigenvalue weighted by Crippen LogP contribution is -2.29. The van der Waals surface area contributed by atoms with Gasteiger partial charge in [-0.2, -0.15) is 13.2 Å². The van der Waals surface area contributed by atoms with Crippen LogP contribution in [-0.4, -0.2) is 6.18 Å². The molecule has 1 aromatic carbocycles. The number of benzene rings is 1. The molecule has 0 heterocycles. The Morgan fingerprint density at radius 3 is 2.47 bits per heavy atom. The van der Waals surface area contributed by atoms with Crippen LogP contribution in [0.2, 0.25) is 0 Å². The smallest absolute Gasteiger partial charge is 0.271 e. The Morgan fingerprint density at radius 2 is 2.00 bits per heavy atom. The van der Waals surface area contributed by atoms with Gasteiger partial charge < -0.3 is 0 Å². The van der Waals surface area contributed by atoms with Gasteiger partial charge in [0.25, 0.3) is 0 Å². The fourth-order valence-electron chi connectivity index (χ4n) is 1.42. The third kappa shape index (κ3) is 4.61. The van der Waals surface area contributed by atoms with Crippen LogP contribution in [0.15, 0.2) is 22.7 Å². The number of hydrazine groups is 1. The van der Waals surface area contributed by atoms with Crippen molar-refractivity contribution in [1.29, 1.82) is 0 Å². The highest BCUT2D eigenvalue weighted by Gasteiger charge is 2.28. The molecule has 17 heavy (non-hydrogen) atoms. The summed E-state index contributed by atoms with van der Waals surface area (Å²) < 4.78 is 49.5. The van der Waals surface area contributed by atoms with Gasteiger partial charge >= 0.3 is 6.18 Å². The van der Waals surface area contributed by atoms with E-state index in [1.54, 1.807) is 0 Å². The zero-order valence-electron chi connectivity index (χ0n) is 8.69. The van der Waals surface area contributed by atoms with Crippen molar-refractivity contribution in [3.8, 4) is 0 Å². The monoisotopic (exact) mass is 314 g/mol. The first kappa shape index (κ1) is 14.4. The highest BCUT2D eigenvalue weighted by Crippen LogP contribution is 2.30. The molecule has 96 valence electrons. The van der Waals surface area contributed by atoms with E-state index in [1.807, 2.05) is 0 Å². The summed E-state index contributed by atoms with van der Waals surface area (Å²) in [6, 6.07) is 3.10. The lowest BCUT2D eigenvalue weighted by Gasteiger charge is -2.18. The normalized spacial score (nSPS) is 13.8. The van der Waals surface area contributed by atoms with E-state index in [1.165, 1.54) is 18.2 Å². The van der Waals surface area contributed by atoms with Crippen LogP contribution >= 0.6 is 15.9 Å². The molecule has 0 saturated heterocycles. The Morgan fingerprint density at radius 1 is 1.35 bits per heavy atom. The number of rotatable bonds is 4. The maximum Gasteiger partial charge on any atom is 0.389 e. The second kappa shape index (κ2) is 5.79. The van der Waals surface area contributed by atoms with Crippen molar-refractivity contribution in [2.45, 2.75) is 25.1 Å².